The van der Waals surface area contributed by atoms with Gasteiger partial charge in [-0.2, -0.15) is 5.10 Å². The first-order chi connectivity index (χ1) is 14.4. The smallest absolute Gasteiger partial charge is 0.244 e. The highest BCUT2D eigenvalue weighted by Crippen LogP contribution is 2.27. The van der Waals surface area contributed by atoms with E-state index in [4.69, 9.17) is 14.2 Å². The summed E-state index contributed by atoms with van der Waals surface area (Å²) in [5.41, 5.74) is 4.69. The molecular weight excluding hydrogens is 386 g/mol. The van der Waals surface area contributed by atoms with Crippen molar-refractivity contribution >= 4 is 17.5 Å². The fourth-order valence-corrected chi connectivity index (χ4v) is 2.65. The third-order valence-corrected chi connectivity index (χ3v) is 4.25. The van der Waals surface area contributed by atoms with Crippen molar-refractivity contribution in [1.29, 1.82) is 0 Å². The molecule has 0 radical (unpaired) electrons. The van der Waals surface area contributed by atoms with Crippen LogP contribution in [-0.2, 0) is 22.6 Å². The van der Waals surface area contributed by atoms with Crippen molar-refractivity contribution in [2.45, 2.75) is 26.3 Å². The molecule has 2 amide bonds. The molecular formula is C22H27N3O5. The summed E-state index contributed by atoms with van der Waals surface area (Å²) in [7, 11) is 4.69. The van der Waals surface area contributed by atoms with Gasteiger partial charge in [-0.3, -0.25) is 9.59 Å². The minimum atomic E-state index is -0.291. The number of nitrogens with one attached hydrogen (secondary N) is 2. The number of benzene rings is 2. The normalized spacial score (nSPS) is 10.9. The number of rotatable bonds is 10. The molecule has 0 saturated heterocycles. The number of methoxy groups -OCH3 is 3. The second kappa shape index (κ2) is 11.5. The Kier molecular flexibility index (Phi) is 8.68. The summed E-state index contributed by atoms with van der Waals surface area (Å²) in [5, 5.41) is 6.82. The molecule has 2 aromatic carbocycles. The van der Waals surface area contributed by atoms with Gasteiger partial charge in [-0.25, -0.2) is 5.43 Å². The number of carbonyl (C=O) groups is 2. The highest BCUT2D eigenvalue weighted by atomic mass is 16.5. The van der Waals surface area contributed by atoms with Crippen molar-refractivity contribution in [2.24, 2.45) is 5.10 Å². The van der Waals surface area contributed by atoms with Gasteiger partial charge in [0.1, 0.15) is 5.75 Å². The molecule has 2 aromatic rings. The number of hydrogen-bond donors (Lipinski definition) is 2. The summed E-state index contributed by atoms with van der Waals surface area (Å²) in [6, 6.07) is 12.7. The molecule has 0 spiro atoms. The van der Waals surface area contributed by atoms with Gasteiger partial charge in [-0.1, -0.05) is 18.2 Å². The Balaban J connectivity index is 1.79. The average Bonchev–Trinajstić information content (AvgIpc) is 2.76. The number of hydrazone groups is 1. The minimum Gasteiger partial charge on any atom is -0.497 e. The maximum Gasteiger partial charge on any atom is 0.244 e. The topological polar surface area (TPSA) is 98.2 Å². The second-order valence-electron chi connectivity index (χ2n) is 6.55. The molecule has 8 heteroatoms. The summed E-state index contributed by atoms with van der Waals surface area (Å²) in [6.45, 7) is 2.09. The Morgan fingerprint density at radius 1 is 0.867 bits per heavy atom. The molecule has 0 saturated carbocycles. The molecule has 160 valence electrons. The van der Waals surface area contributed by atoms with Crippen LogP contribution in [0.25, 0.3) is 0 Å². The zero-order chi connectivity index (χ0) is 21.9. The lowest BCUT2D eigenvalue weighted by atomic mass is 10.1. The Hall–Kier alpha value is -3.55. The summed E-state index contributed by atoms with van der Waals surface area (Å²) < 4.78 is 15.5. The average molecular weight is 413 g/mol. The molecule has 0 heterocycles. The maximum absolute atomic E-state index is 12.1. The summed E-state index contributed by atoms with van der Waals surface area (Å²) in [4.78, 5) is 24.2. The van der Waals surface area contributed by atoms with E-state index in [1.807, 2.05) is 24.3 Å². The van der Waals surface area contributed by atoms with Crippen molar-refractivity contribution in [3.05, 3.63) is 53.6 Å². The predicted molar refractivity (Wildman–Crippen MR) is 114 cm³/mol. The molecule has 0 aliphatic rings. The fraction of sp³-hybridized carbons (Fsp3) is 0.318. The number of nitrogens with zero attached hydrogens (tertiary/aromatic N) is 1. The van der Waals surface area contributed by atoms with Crippen molar-refractivity contribution in [3.8, 4) is 17.2 Å². The van der Waals surface area contributed by atoms with E-state index < -0.39 is 0 Å². The van der Waals surface area contributed by atoms with Crippen LogP contribution in [0.4, 0.5) is 0 Å². The molecule has 0 atom stereocenters. The van der Waals surface area contributed by atoms with Crippen LogP contribution in [0.3, 0.4) is 0 Å². The zero-order valence-corrected chi connectivity index (χ0v) is 17.7. The monoisotopic (exact) mass is 413 g/mol. The highest BCUT2D eigenvalue weighted by molar-refractivity contribution is 6.00. The molecule has 0 fully saturated rings. The van der Waals surface area contributed by atoms with Crippen LogP contribution in [0.15, 0.2) is 47.6 Å². The van der Waals surface area contributed by atoms with Gasteiger partial charge in [-0.05, 0) is 42.3 Å². The summed E-state index contributed by atoms with van der Waals surface area (Å²) >= 11 is 0. The van der Waals surface area contributed by atoms with E-state index in [2.05, 4.69) is 15.8 Å². The van der Waals surface area contributed by atoms with E-state index in [1.54, 1.807) is 39.3 Å². The Morgan fingerprint density at radius 2 is 1.53 bits per heavy atom. The quantitative estimate of drug-likeness (QED) is 0.461. The molecule has 0 aromatic heterocycles. The van der Waals surface area contributed by atoms with Gasteiger partial charge >= 0.3 is 0 Å². The first kappa shape index (κ1) is 22.7. The molecule has 0 aliphatic heterocycles. The molecule has 0 unspecified atom stereocenters. The van der Waals surface area contributed by atoms with Gasteiger partial charge in [0.15, 0.2) is 11.5 Å². The summed E-state index contributed by atoms with van der Waals surface area (Å²) in [5.74, 6) is 1.44. The van der Waals surface area contributed by atoms with Crippen LogP contribution >= 0.6 is 0 Å². The lowest BCUT2D eigenvalue weighted by Crippen LogP contribution is -2.26. The molecule has 0 bridgehead atoms. The number of amides is 2. The van der Waals surface area contributed by atoms with Gasteiger partial charge in [-0.15, -0.1) is 0 Å². The third-order valence-electron chi connectivity index (χ3n) is 4.25. The maximum atomic E-state index is 12.1. The largest absolute Gasteiger partial charge is 0.497 e. The van der Waals surface area contributed by atoms with Gasteiger partial charge in [0, 0.05) is 12.3 Å². The molecule has 2 N–H and O–H groups in total. The van der Waals surface area contributed by atoms with Gasteiger partial charge < -0.3 is 19.5 Å². The van der Waals surface area contributed by atoms with Crippen LogP contribution in [0.2, 0.25) is 0 Å². The third kappa shape index (κ3) is 7.12. The van der Waals surface area contributed by atoms with Crippen LogP contribution < -0.4 is 25.0 Å². The van der Waals surface area contributed by atoms with Gasteiger partial charge in [0.05, 0.1) is 34.2 Å². The van der Waals surface area contributed by atoms with E-state index >= 15 is 0 Å². The zero-order valence-electron chi connectivity index (χ0n) is 17.7. The van der Waals surface area contributed by atoms with Gasteiger partial charge in [0.2, 0.25) is 11.8 Å². The van der Waals surface area contributed by atoms with Crippen molar-refractivity contribution < 1.29 is 23.8 Å². The minimum absolute atomic E-state index is 0.0901. The second-order valence-corrected chi connectivity index (χ2v) is 6.55. The van der Waals surface area contributed by atoms with E-state index in [1.165, 1.54) is 7.11 Å². The van der Waals surface area contributed by atoms with Crippen LogP contribution in [0.5, 0.6) is 17.2 Å². The SMILES string of the molecule is COc1ccc(CNC(=O)C/C(C)=N\NC(=O)Cc2ccc(OC)c(OC)c2)cc1. The molecule has 0 aliphatic carbocycles. The molecule has 30 heavy (non-hydrogen) atoms. The van der Waals surface area contributed by atoms with Crippen molar-refractivity contribution in [1.82, 2.24) is 10.7 Å². The van der Waals surface area contributed by atoms with Crippen LogP contribution in [0, 0.1) is 0 Å². The summed E-state index contributed by atoms with van der Waals surface area (Å²) in [6.07, 6.45) is 0.216. The molecule has 8 nitrogen and oxygen atoms in total. The fourth-order valence-electron chi connectivity index (χ4n) is 2.65. The Bertz CT molecular complexity index is 894. The van der Waals surface area contributed by atoms with E-state index in [0.29, 0.717) is 23.8 Å². The predicted octanol–water partition coefficient (Wildman–Crippen LogP) is 2.45. The highest BCUT2D eigenvalue weighted by Gasteiger charge is 2.09. The van der Waals surface area contributed by atoms with E-state index in [0.717, 1.165) is 16.9 Å². The van der Waals surface area contributed by atoms with Crippen LogP contribution in [-0.4, -0.2) is 38.9 Å². The first-order valence-corrected chi connectivity index (χ1v) is 9.37. The molecule has 2 rings (SSSR count). The van der Waals surface area contributed by atoms with Crippen molar-refractivity contribution in [2.75, 3.05) is 21.3 Å². The Labute approximate surface area is 176 Å². The number of hydrogen-bond acceptors (Lipinski definition) is 6. The van der Waals surface area contributed by atoms with Gasteiger partial charge in [0.25, 0.3) is 0 Å². The lowest BCUT2D eigenvalue weighted by Gasteiger charge is -2.09. The number of ether oxygens (including phenoxy) is 3. The van der Waals surface area contributed by atoms with Crippen molar-refractivity contribution in [3.63, 3.8) is 0 Å². The Morgan fingerprint density at radius 3 is 2.17 bits per heavy atom. The lowest BCUT2D eigenvalue weighted by molar-refractivity contribution is -0.121. The standard InChI is InChI=1S/C22H27N3O5/c1-15(11-21(26)23-14-16-5-8-18(28-2)9-6-16)24-25-22(27)13-17-7-10-19(29-3)20(12-17)30-4/h5-10,12H,11,13-14H2,1-4H3,(H,23,26)(H,25,27)/b24-15-. The van der Waals surface area contributed by atoms with E-state index in [-0.39, 0.29) is 24.7 Å². The number of carbonyl (C=O) groups excluding carboxylic acids is 2. The van der Waals surface area contributed by atoms with E-state index in [9.17, 15) is 9.59 Å². The van der Waals surface area contributed by atoms with Crippen LogP contribution in [0.1, 0.15) is 24.5 Å². The first-order valence-electron chi connectivity index (χ1n) is 9.37.